The van der Waals surface area contributed by atoms with Crippen LogP contribution in [0, 0.1) is 10.1 Å². The summed E-state index contributed by atoms with van der Waals surface area (Å²) in [6.07, 6.45) is 3.33. The molecular weight excluding hydrogens is 442 g/mol. The fourth-order valence-electron chi connectivity index (χ4n) is 3.20. The van der Waals surface area contributed by atoms with Crippen LogP contribution < -0.4 is 10.9 Å². The van der Waals surface area contributed by atoms with Gasteiger partial charge in [0.25, 0.3) is 11.2 Å². The van der Waals surface area contributed by atoms with Crippen LogP contribution in [0.5, 0.6) is 0 Å². The van der Waals surface area contributed by atoms with Gasteiger partial charge in [0.1, 0.15) is 0 Å². The number of rotatable bonds is 7. The Morgan fingerprint density at radius 2 is 2.00 bits per heavy atom. The van der Waals surface area contributed by atoms with Crippen LogP contribution in [-0.4, -0.2) is 30.6 Å². The number of anilines is 1. The monoisotopic (exact) mass is 461 g/mol. The number of para-hydroxylation sites is 1. The zero-order valence-electron chi connectivity index (χ0n) is 17.5. The van der Waals surface area contributed by atoms with Gasteiger partial charge in [-0.1, -0.05) is 36.0 Å². The number of hydrogen-bond donors (Lipinski definition) is 1. The third-order valence-electron chi connectivity index (χ3n) is 4.87. The molecule has 1 atom stereocenters. The number of nitrogens with one attached hydrogen (secondary N) is 1. The summed E-state index contributed by atoms with van der Waals surface area (Å²) in [7, 11) is 0. The Balaban J connectivity index is 1.63. The maximum absolute atomic E-state index is 13.2. The number of fused-ring (bicyclic) bond motifs is 1. The number of thioether (sulfide) groups is 1. The van der Waals surface area contributed by atoms with Gasteiger partial charge in [-0.2, -0.15) is 0 Å². The Morgan fingerprint density at radius 1 is 1.18 bits per heavy atom. The van der Waals surface area contributed by atoms with E-state index in [4.69, 9.17) is 0 Å². The molecule has 0 spiro atoms. The average Bonchev–Trinajstić information content (AvgIpc) is 2.82. The van der Waals surface area contributed by atoms with Crippen molar-refractivity contribution in [1.82, 2.24) is 14.5 Å². The average molecular weight is 462 g/mol. The molecule has 166 valence electrons. The molecule has 33 heavy (non-hydrogen) atoms. The summed E-state index contributed by atoms with van der Waals surface area (Å²) >= 11 is 1.14. The second kappa shape index (κ2) is 9.61. The third-order valence-corrected chi connectivity index (χ3v) is 5.96. The van der Waals surface area contributed by atoms with Crippen molar-refractivity contribution >= 4 is 39.9 Å². The fraction of sp³-hybridized carbons (Fsp3) is 0.130. The van der Waals surface area contributed by atoms with Crippen LogP contribution >= 0.6 is 11.8 Å². The molecule has 2 aromatic heterocycles. The number of pyridine rings is 1. The SMILES string of the molecule is C[C@H](Sc1nc2ccccc2c(=O)n1Cc1cccnc1)C(=O)Nc1cccc([N+](=O)[O-])c1. The van der Waals surface area contributed by atoms with E-state index in [-0.39, 0.29) is 23.7 Å². The van der Waals surface area contributed by atoms with Crippen LogP contribution in [0.3, 0.4) is 0 Å². The van der Waals surface area contributed by atoms with Crippen molar-refractivity contribution in [2.75, 3.05) is 5.32 Å². The minimum Gasteiger partial charge on any atom is -0.325 e. The molecule has 9 nitrogen and oxygen atoms in total. The molecule has 1 amide bonds. The lowest BCUT2D eigenvalue weighted by molar-refractivity contribution is -0.384. The van der Waals surface area contributed by atoms with Crippen molar-refractivity contribution in [3.63, 3.8) is 0 Å². The standard InChI is InChI=1S/C23H19N5O4S/c1-15(21(29)25-17-7-4-8-18(12-17)28(31)32)33-23-26-20-10-3-2-9-19(20)22(30)27(23)14-16-6-5-11-24-13-16/h2-13,15H,14H2,1H3,(H,25,29)/t15-/m0/s1. The van der Waals surface area contributed by atoms with E-state index < -0.39 is 10.2 Å². The summed E-state index contributed by atoms with van der Waals surface area (Å²) in [6.45, 7) is 1.94. The van der Waals surface area contributed by atoms with Crippen molar-refractivity contribution in [3.05, 3.63) is 99.1 Å². The van der Waals surface area contributed by atoms with Crippen LogP contribution in [0.25, 0.3) is 10.9 Å². The fourth-order valence-corrected chi connectivity index (χ4v) is 4.11. The Morgan fingerprint density at radius 3 is 2.76 bits per heavy atom. The molecule has 0 aliphatic carbocycles. The summed E-state index contributed by atoms with van der Waals surface area (Å²) in [5.41, 5.74) is 1.36. The summed E-state index contributed by atoms with van der Waals surface area (Å²) in [6, 6.07) is 16.4. The summed E-state index contributed by atoms with van der Waals surface area (Å²) in [5.74, 6) is -0.365. The van der Waals surface area contributed by atoms with E-state index in [2.05, 4.69) is 15.3 Å². The normalized spacial score (nSPS) is 11.8. The van der Waals surface area contributed by atoms with E-state index in [0.29, 0.717) is 21.7 Å². The third kappa shape index (κ3) is 5.07. The predicted molar refractivity (Wildman–Crippen MR) is 126 cm³/mol. The van der Waals surface area contributed by atoms with Gasteiger partial charge in [-0.05, 0) is 36.8 Å². The van der Waals surface area contributed by atoms with Gasteiger partial charge in [0.2, 0.25) is 5.91 Å². The van der Waals surface area contributed by atoms with E-state index in [0.717, 1.165) is 17.3 Å². The van der Waals surface area contributed by atoms with Crippen molar-refractivity contribution < 1.29 is 9.72 Å². The molecule has 1 N–H and O–H groups in total. The molecule has 4 aromatic rings. The minimum absolute atomic E-state index is 0.116. The summed E-state index contributed by atoms with van der Waals surface area (Å²) in [5, 5.41) is 13.9. The van der Waals surface area contributed by atoms with Gasteiger partial charge in [0, 0.05) is 30.2 Å². The van der Waals surface area contributed by atoms with Crippen molar-refractivity contribution in [1.29, 1.82) is 0 Å². The molecule has 0 fully saturated rings. The predicted octanol–water partition coefficient (Wildman–Crippen LogP) is 3.87. The first kappa shape index (κ1) is 22.2. The van der Waals surface area contributed by atoms with E-state index in [1.54, 1.807) is 55.7 Å². The van der Waals surface area contributed by atoms with Crippen LogP contribution in [0.2, 0.25) is 0 Å². The molecule has 10 heteroatoms. The van der Waals surface area contributed by atoms with Gasteiger partial charge in [0.05, 0.1) is 27.6 Å². The molecular formula is C23H19N5O4S. The lowest BCUT2D eigenvalue weighted by Crippen LogP contribution is -2.27. The lowest BCUT2D eigenvalue weighted by atomic mass is 10.2. The van der Waals surface area contributed by atoms with Crippen LogP contribution in [-0.2, 0) is 11.3 Å². The van der Waals surface area contributed by atoms with Crippen LogP contribution in [0.15, 0.2) is 83.0 Å². The van der Waals surface area contributed by atoms with E-state index in [1.165, 1.54) is 22.8 Å². The van der Waals surface area contributed by atoms with Gasteiger partial charge in [-0.3, -0.25) is 29.3 Å². The summed E-state index contributed by atoms with van der Waals surface area (Å²) < 4.78 is 1.53. The number of carbonyl (C=O) groups is 1. The molecule has 0 unspecified atom stereocenters. The molecule has 0 aliphatic heterocycles. The molecule has 0 saturated heterocycles. The van der Waals surface area contributed by atoms with Gasteiger partial charge >= 0.3 is 0 Å². The Labute approximate surface area is 192 Å². The number of hydrogen-bond acceptors (Lipinski definition) is 7. The quantitative estimate of drug-likeness (QED) is 0.192. The minimum atomic E-state index is -0.627. The van der Waals surface area contributed by atoms with E-state index in [1.807, 2.05) is 6.07 Å². The zero-order valence-corrected chi connectivity index (χ0v) is 18.4. The Hall–Kier alpha value is -4.05. The first-order valence-corrected chi connectivity index (χ1v) is 10.9. The highest BCUT2D eigenvalue weighted by Gasteiger charge is 2.20. The second-order valence-electron chi connectivity index (χ2n) is 7.22. The molecule has 4 rings (SSSR count). The largest absolute Gasteiger partial charge is 0.325 e. The number of nitro benzene ring substituents is 1. The number of nitro groups is 1. The number of carbonyl (C=O) groups excluding carboxylic acids is 1. The maximum Gasteiger partial charge on any atom is 0.271 e. The molecule has 0 bridgehead atoms. The van der Waals surface area contributed by atoms with Crippen molar-refractivity contribution in [2.45, 2.75) is 23.9 Å². The Bertz CT molecular complexity index is 1390. The van der Waals surface area contributed by atoms with Crippen LogP contribution in [0.1, 0.15) is 12.5 Å². The van der Waals surface area contributed by atoms with E-state index in [9.17, 15) is 19.7 Å². The van der Waals surface area contributed by atoms with Crippen LogP contribution in [0.4, 0.5) is 11.4 Å². The molecule has 2 aromatic carbocycles. The second-order valence-corrected chi connectivity index (χ2v) is 8.53. The first-order chi connectivity index (χ1) is 15.9. The van der Waals surface area contributed by atoms with Gasteiger partial charge in [-0.15, -0.1) is 0 Å². The summed E-state index contributed by atoms with van der Waals surface area (Å²) in [4.78, 5) is 45.2. The number of amides is 1. The molecule has 2 heterocycles. The lowest BCUT2D eigenvalue weighted by Gasteiger charge is -2.16. The van der Waals surface area contributed by atoms with Gasteiger partial charge < -0.3 is 5.32 Å². The van der Waals surface area contributed by atoms with E-state index >= 15 is 0 Å². The van der Waals surface area contributed by atoms with Crippen molar-refractivity contribution in [3.8, 4) is 0 Å². The molecule has 0 saturated carbocycles. The Kier molecular flexibility index (Phi) is 6.45. The number of nitrogens with zero attached hydrogens (tertiary/aromatic N) is 4. The molecule has 0 radical (unpaired) electrons. The number of aromatic nitrogens is 3. The molecule has 0 aliphatic rings. The highest BCUT2D eigenvalue weighted by Crippen LogP contribution is 2.25. The number of benzene rings is 2. The zero-order chi connectivity index (χ0) is 23.4. The van der Waals surface area contributed by atoms with Gasteiger partial charge in [0.15, 0.2) is 5.16 Å². The maximum atomic E-state index is 13.2. The smallest absolute Gasteiger partial charge is 0.271 e. The van der Waals surface area contributed by atoms with Gasteiger partial charge in [-0.25, -0.2) is 4.98 Å². The first-order valence-electron chi connectivity index (χ1n) is 10.0. The topological polar surface area (TPSA) is 120 Å². The van der Waals surface area contributed by atoms with Crippen molar-refractivity contribution in [2.24, 2.45) is 0 Å². The number of non-ortho nitro benzene ring substituents is 1. The highest BCUT2D eigenvalue weighted by molar-refractivity contribution is 8.00. The highest BCUT2D eigenvalue weighted by atomic mass is 32.2.